The molecular formula is C16H10Cl2N4O4S. The van der Waals surface area contributed by atoms with Crippen LogP contribution < -0.4 is 10.1 Å². The van der Waals surface area contributed by atoms with E-state index in [1.54, 1.807) is 24.3 Å². The molecule has 0 spiro atoms. The van der Waals surface area contributed by atoms with Crippen LogP contribution in [0.15, 0.2) is 42.5 Å². The maximum atomic E-state index is 12.3. The fourth-order valence-electron chi connectivity index (χ4n) is 2.05. The lowest BCUT2D eigenvalue weighted by molar-refractivity contribution is -0.385. The number of benzene rings is 2. The Kier molecular flexibility index (Phi) is 5.84. The van der Waals surface area contributed by atoms with Crippen molar-refractivity contribution in [3.63, 3.8) is 0 Å². The number of nitrogens with zero attached hydrogens (tertiary/aromatic N) is 3. The van der Waals surface area contributed by atoms with Gasteiger partial charge in [-0.2, -0.15) is 0 Å². The predicted octanol–water partition coefficient (Wildman–Crippen LogP) is 4.58. The van der Waals surface area contributed by atoms with Crippen molar-refractivity contribution in [1.82, 2.24) is 10.2 Å². The molecule has 138 valence electrons. The maximum Gasteiger partial charge on any atom is 0.283 e. The second kappa shape index (κ2) is 8.30. The van der Waals surface area contributed by atoms with E-state index >= 15 is 0 Å². The van der Waals surface area contributed by atoms with Crippen molar-refractivity contribution in [1.29, 1.82) is 0 Å². The molecule has 0 aliphatic rings. The van der Waals surface area contributed by atoms with E-state index < -0.39 is 16.5 Å². The lowest BCUT2D eigenvalue weighted by atomic mass is 10.1. The van der Waals surface area contributed by atoms with Gasteiger partial charge in [-0.1, -0.05) is 34.5 Å². The van der Waals surface area contributed by atoms with Crippen molar-refractivity contribution in [2.24, 2.45) is 0 Å². The van der Waals surface area contributed by atoms with Gasteiger partial charge in [-0.25, -0.2) is 0 Å². The zero-order valence-electron chi connectivity index (χ0n) is 13.4. The van der Waals surface area contributed by atoms with Crippen LogP contribution in [0.2, 0.25) is 10.0 Å². The molecule has 0 bridgehead atoms. The lowest BCUT2D eigenvalue weighted by Gasteiger charge is -2.03. The van der Waals surface area contributed by atoms with Crippen molar-refractivity contribution in [3.05, 3.63) is 73.2 Å². The van der Waals surface area contributed by atoms with E-state index in [0.717, 1.165) is 17.4 Å². The molecule has 1 heterocycles. The summed E-state index contributed by atoms with van der Waals surface area (Å²) in [5.41, 5.74) is -0.519. The quantitative estimate of drug-likeness (QED) is 0.458. The number of carbonyl (C=O) groups excluding carboxylic acids is 1. The summed E-state index contributed by atoms with van der Waals surface area (Å²) in [7, 11) is 0. The third-order valence-corrected chi connectivity index (χ3v) is 4.56. The van der Waals surface area contributed by atoms with E-state index in [0.29, 0.717) is 15.8 Å². The van der Waals surface area contributed by atoms with Gasteiger partial charge in [0.15, 0.2) is 5.01 Å². The van der Waals surface area contributed by atoms with Crippen LogP contribution in [0, 0.1) is 10.1 Å². The number of halogens is 2. The molecule has 0 radical (unpaired) electrons. The van der Waals surface area contributed by atoms with Crippen molar-refractivity contribution >= 4 is 51.3 Å². The second-order valence-corrected chi connectivity index (χ2v) is 7.05. The van der Waals surface area contributed by atoms with Gasteiger partial charge in [-0.15, -0.1) is 10.2 Å². The summed E-state index contributed by atoms with van der Waals surface area (Å²) in [5.74, 6) is -0.0725. The van der Waals surface area contributed by atoms with E-state index in [1.165, 1.54) is 12.1 Å². The number of nitro groups is 1. The van der Waals surface area contributed by atoms with Crippen LogP contribution in [0.3, 0.4) is 0 Å². The van der Waals surface area contributed by atoms with Gasteiger partial charge in [-0.05, 0) is 36.4 Å². The summed E-state index contributed by atoms with van der Waals surface area (Å²) in [5, 5.41) is 22.8. The van der Waals surface area contributed by atoms with Gasteiger partial charge in [0.2, 0.25) is 5.13 Å². The Morgan fingerprint density at radius 1 is 1.15 bits per heavy atom. The Bertz CT molecular complexity index is 994. The minimum absolute atomic E-state index is 0.126. The second-order valence-electron chi connectivity index (χ2n) is 5.12. The molecule has 1 aromatic heterocycles. The minimum atomic E-state index is -0.681. The summed E-state index contributed by atoms with van der Waals surface area (Å²) >= 11 is 12.6. The van der Waals surface area contributed by atoms with Crippen LogP contribution in [0.5, 0.6) is 5.75 Å². The number of rotatable bonds is 6. The summed E-state index contributed by atoms with van der Waals surface area (Å²) in [6.07, 6.45) is 0. The van der Waals surface area contributed by atoms with E-state index in [-0.39, 0.29) is 22.3 Å². The first-order valence-corrected chi connectivity index (χ1v) is 8.95. The third kappa shape index (κ3) is 4.91. The molecule has 0 aliphatic heterocycles. The average molecular weight is 425 g/mol. The number of anilines is 1. The Morgan fingerprint density at radius 2 is 1.85 bits per heavy atom. The van der Waals surface area contributed by atoms with Crippen molar-refractivity contribution in [2.75, 3.05) is 5.32 Å². The zero-order valence-corrected chi connectivity index (χ0v) is 15.7. The fourth-order valence-corrected chi connectivity index (χ4v) is 2.99. The zero-order chi connectivity index (χ0) is 19.4. The molecule has 11 heteroatoms. The van der Waals surface area contributed by atoms with Crippen LogP contribution in [0.1, 0.15) is 15.4 Å². The van der Waals surface area contributed by atoms with Gasteiger partial charge >= 0.3 is 0 Å². The van der Waals surface area contributed by atoms with E-state index in [2.05, 4.69) is 15.5 Å². The standard InChI is InChI=1S/C16H10Cl2N4O4S/c17-9-1-4-11(5-2-9)26-8-14-20-21-16(27-14)19-15(23)12-6-3-10(18)7-13(12)22(24)25/h1-7H,8H2,(H,19,21,23). The highest BCUT2D eigenvalue weighted by molar-refractivity contribution is 7.15. The largest absolute Gasteiger partial charge is 0.486 e. The molecule has 2 aromatic carbocycles. The maximum absolute atomic E-state index is 12.3. The highest BCUT2D eigenvalue weighted by Crippen LogP contribution is 2.25. The smallest absolute Gasteiger partial charge is 0.283 e. The van der Waals surface area contributed by atoms with Crippen LogP contribution >= 0.6 is 34.5 Å². The Balaban J connectivity index is 1.66. The predicted molar refractivity (Wildman–Crippen MR) is 102 cm³/mol. The summed E-state index contributed by atoms with van der Waals surface area (Å²) < 4.78 is 5.55. The third-order valence-electron chi connectivity index (χ3n) is 3.26. The van der Waals surface area contributed by atoms with Crippen LogP contribution in [0.4, 0.5) is 10.8 Å². The number of amides is 1. The molecule has 0 atom stereocenters. The van der Waals surface area contributed by atoms with E-state index in [4.69, 9.17) is 27.9 Å². The molecule has 3 aromatic rings. The van der Waals surface area contributed by atoms with Crippen molar-refractivity contribution < 1.29 is 14.5 Å². The molecule has 3 rings (SSSR count). The molecular weight excluding hydrogens is 415 g/mol. The van der Waals surface area contributed by atoms with Crippen molar-refractivity contribution in [3.8, 4) is 5.75 Å². The molecule has 1 amide bonds. The lowest BCUT2D eigenvalue weighted by Crippen LogP contribution is -2.13. The van der Waals surface area contributed by atoms with Gasteiger partial charge in [0.05, 0.1) is 4.92 Å². The molecule has 0 saturated heterocycles. The monoisotopic (exact) mass is 424 g/mol. The number of ether oxygens (including phenoxy) is 1. The Hall–Kier alpha value is -2.75. The first kappa shape index (κ1) is 19.0. The molecule has 0 unspecified atom stereocenters. The molecule has 1 N–H and O–H groups in total. The minimum Gasteiger partial charge on any atom is -0.486 e. The van der Waals surface area contributed by atoms with Crippen LogP contribution in [-0.2, 0) is 6.61 Å². The van der Waals surface area contributed by atoms with Gasteiger partial charge < -0.3 is 4.74 Å². The van der Waals surface area contributed by atoms with Crippen LogP contribution in [0.25, 0.3) is 0 Å². The molecule has 27 heavy (non-hydrogen) atoms. The fraction of sp³-hybridized carbons (Fsp3) is 0.0625. The van der Waals surface area contributed by atoms with Gasteiger partial charge in [-0.3, -0.25) is 20.2 Å². The molecule has 0 saturated carbocycles. The number of nitro benzene ring substituents is 1. The van der Waals surface area contributed by atoms with E-state index in [9.17, 15) is 14.9 Å². The van der Waals surface area contributed by atoms with Gasteiger partial charge in [0, 0.05) is 16.1 Å². The topological polar surface area (TPSA) is 107 Å². The molecule has 0 fully saturated rings. The number of aromatic nitrogens is 2. The highest BCUT2D eigenvalue weighted by Gasteiger charge is 2.21. The number of hydrogen-bond acceptors (Lipinski definition) is 7. The van der Waals surface area contributed by atoms with Gasteiger partial charge in [0.25, 0.3) is 11.6 Å². The van der Waals surface area contributed by atoms with Crippen LogP contribution in [-0.4, -0.2) is 21.0 Å². The summed E-state index contributed by atoms with van der Waals surface area (Å²) in [4.78, 5) is 22.7. The first-order valence-electron chi connectivity index (χ1n) is 7.38. The van der Waals surface area contributed by atoms with Crippen molar-refractivity contribution in [2.45, 2.75) is 6.61 Å². The first-order chi connectivity index (χ1) is 12.9. The SMILES string of the molecule is O=C(Nc1nnc(COc2ccc(Cl)cc2)s1)c1ccc(Cl)cc1[N+](=O)[O-]. The Labute approximate surface area is 166 Å². The summed E-state index contributed by atoms with van der Waals surface area (Å²) in [6, 6.07) is 10.6. The summed E-state index contributed by atoms with van der Waals surface area (Å²) in [6.45, 7) is 0.149. The van der Waals surface area contributed by atoms with E-state index in [1.807, 2.05) is 0 Å². The normalized spacial score (nSPS) is 10.4. The number of carbonyl (C=O) groups is 1. The number of nitrogens with one attached hydrogen (secondary N) is 1. The molecule has 0 aliphatic carbocycles. The Morgan fingerprint density at radius 3 is 2.56 bits per heavy atom. The number of hydrogen-bond donors (Lipinski definition) is 1. The average Bonchev–Trinajstić information content (AvgIpc) is 3.08. The highest BCUT2D eigenvalue weighted by atomic mass is 35.5. The molecule has 8 nitrogen and oxygen atoms in total. The van der Waals surface area contributed by atoms with Gasteiger partial charge in [0.1, 0.15) is 17.9 Å².